The van der Waals surface area contributed by atoms with E-state index in [1.807, 2.05) is 0 Å². The third-order valence-electron chi connectivity index (χ3n) is 8.74. The molecule has 2 unspecified atom stereocenters. The van der Waals surface area contributed by atoms with Crippen molar-refractivity contribution in [1.82, 2.24) is 15.1 Å². The molecule has 3 aromatic carbocycles. The first-order valence-corrected chi connectivity index (χ1v) is 17.7. The quantitative estimate of drug-likeness (QED) is 0.0515. The summed E-state index contributed by atoms with van der Waals surface area (Å²) in [7, 11) is 1.48. The lowest BCUT2D eigenvalue weighted by Gasteiger charge is -2.49. The predicted molar refractivity (Wildman–Crippen MR) is 186 cm³/mol. The molecular formula is C33H33Cl2N7O7S. The van der Waals surface area contributed by atoms with Crippen LogP contribution in [0.4, 0.5) is 0 Å². The number of hydroxylamine groups is 1. The van der Waals surface area contributed by atoms with E-state index in [9.17, 15) is 23.8 Å². The molecule has 1 fully saturated rings. The molecule has 1 saturated carbocycles. The maximum atomic E-state index is 14.6. The second-order valence-electron chi connectivity index (χ2n) is 11.8. The van der Waals surface area contributed by atoms with Crippen molar-refractivity contribution in [3.05, 3.63) is 114 Å². The molecule has 3 amide bonds. The Morgan fingerprint density at radius 2 is 1.80 bits per heavy atom. The van der Waals surface area contributed by atoms with Crippen LogP contribution in [0, 0.1) is 4.91 Å². The molecule has 0 aromatic heterocycles. The fourth-order valence-corrected chi connectivity index (χ4v) is 7.87. The van der Waals surface area contributed by atoms with Crippen LogP contribution in [0.25, 0.3) is 10.4 Å². The summed E-state index contributed by atoms with van der Waals surface area (Å²) in [5, 5.41) is 6.43. The van der Waals surface area contributed by atoms with Gasteiger partial charge in [0.2, 0.25) is 5.88 Å². The number of methoxy groups -OCH3 is 1. The SMILES string of the molecule is COc1ccc2c(c1)[C@@H](C(=O)NOCc1ccc(CC(=O)N=O)cc1)[C@H](c1ccc(Cl)cc1Cl)N(C1CCCC[C@@H]1N[S+]([O-])CN=[N+]=[N-])C2=O. The van der Waals surface area contributed by atoms with Crippen LogP contribution in [0.15, 0.2) is 71.0 Å². The average molecular weight is 743 g/mol. The lowest BCUT2D eigenvalue weighted by molar-refractivity contribution is -0.138. The van der Waals surface area contributed by atoms with Gasteiger partial charge in [0.25, 0.3) is 17.7 Å². The molecule has 2 N–H and O–H groups in total. The normalized spacial score (nSPS) is 20.6. The number of halogens is 2. The summed E-state index contributed by atoms with van der Waals surface area (Å²) >= 11 is 11.4. The molecule has 50 heavy (non-hydrogen) atoms. The van der Waals surface area contributed by atoms with E-state index in [-0.39, 0.29) is 35.4 Å². The molecule has 0 saturated heterocycles. The standard InChI is InChI=1S/C33H33Cl2N7O7S/c1-48-22-11-13-23-25(16-22)30(32(44)39-49-17-20-8-6-19(7-9-20)14-29(43)38-46)31(24-12-10-21(34)15-26(24)35)42(33(23)45)28-5-3-2-4-27(28)40-50(47)18-37-41-36/h6-13,15-16,27-28,30-31,40H,2-5,14,17-18H2,1H3,(H,39,44)/t27-,28?,30+,31-,50?/m0/s1. The molecule has 17 heteroatoms. The third kappa shape index (κ3) is 8.56. The van der Waals surface area contributed by atoms with Crippen molar-refractivity contribution >= 4 is 52.3 Å². The van der Waals surface area contributed by atoms with Crippen LogP contribution in [0.1, 0.15) is 70.3 Å². The van der Waals surface area contributed by atoms with Crippen LogP contribution in [0.3, 0.4) is 0 Å². The van der Waals surface area contributed by atoms with Crippen LogP contribution in [0.2, 0.25) is 10.0 Å². The second kappa shape index (κ2) is 17.1. The fraction of sp³-hybridized carbons (Fsp3) is 0.364. The topological polar surface area (TPSA) is 198 Å². The van der Waals surface area contributed by atoms with E-state index in [0.717, 1.165) is 12.8 Å². The van der Waals surface area contributed by atoms with Crippen LogP contribution >= 0.6 is 23.2 Å². The van der Waals surface area contributed by atoms with Gasteiger partial charge in [-0.25, -0.2) is 5.48 Å². The van der Waals surface area contributed by atoms with Gasteiger partial charge in [-0.15, -0.1) is 9.63 Å². The van der Waals surface area contributed by atoms with E-state index >= 15 is 0 Å². The van der Waals surface area contributed by atoms with Gasteiger partial charge in [-0.1, -0.05) is 66.4 Å². The van der Waals surface area contributed by atoms with Crippen LogP contribution < -0.4 is 14.9 Å². The number of nitroso groups, excluding NO2 is 1. The van der Waals surface area contributed by atoms with Gasteiger partial charge in [-0.05, 0) is 76.1 Å². The number of hydrogen-bond donors (Lipinski definition) is 2. The smallest absolute Gasteiger partial charge is 0.290 e. The molecule has 5 rings (SSSR count). The highest BCUT2D eigenvalue weighted by Gasteiger charge is 2.50. The van der Waals surface area contributed by atoms with E-state index < -0.39 is 47.2 Å². The maximum Gasteiger partial charge on any atom is 0.290 e. The molecule has 0 spiro atoms. The molecular weight excluding hydrogens is 709 g/mol. The summed E-state index contributed by atoms with van der Waals surface area (Å²) < 4.78 is 21.4. The Bertz CT molecular complexity index is 1790. The van der Waals surface area contributed by atoms with Gasteiger partial charge in [0.15, 0.2) is 0 Å². The first-order valence-electron chi connectivity index (χ1n) is 15.6. The van der Waals surface area contributed by atoms with Gasteiger partial charge in [0.05, 0.1) is 44.2 Å². The minimum Gasteiger partial charge on any atom is -0.598 e. The van der Waals surface area contributed by atoms with Gasteiger partial charge in [-0.3, -0.25) is 19.2 Å². The van der Waals surface area contributed by atoms with Gasteiger partial charge in [0.1, 0.15) is 5.75 Å². The highest BCUT2D eigenvalue weighted by molar-refractivity contribution is 7.89. The number of hydrogen-bond acceptors (Lipinski definition) is 9. The molecule has 1 aliphatic carbocycles. The van der Waals surface area contributed by atoms with E-state index in [1.54, 1.807) is 65.6 Å². The first kappa shape index (κ1) is 37.1. The number of carbonyl (C=O) groups excluding carboxylic acids is 3. The monoisotopic (exact) mass is 741 g/mol. The molecule has 262 valence electrons. The van der Waals surface area contributed by atoms with E-state index in [2.05, 4.69) is 25.4 Å². The van der Waals surface area contributed by atoms with Crippen molar-refractivity contribution in [3.8, 4) is 5.75 Å². The Hall–Kier alpha value is -4.21. The number of carbonyl (C=O) groups is 3. The summed E-state index contributed by atoms with van der Waals surface area (Å²) in [6.07, 6.45) is 2.55. The highest BCUT2D eigenvalue weighted by atomic mass is 35.5. The van der Waals surface area contributed by atoms with E-state index in [1.165, 1.54) is 7.11 Å². The Balaban J connectivity index is 1.53. The van der Waals surface area contributed by atoms with Crippen molar-refractivity contribution < 1.29 is 28.5 Å². The Kier molecular flexibility index (Phi) is 12.7. The van der Waals surface area contributed by atoms with Crippen molar-refractivity contribution in [2.45, 2.75) is 62.8 Å². The average Bonchev–Trinajstić information content (AvgIpc) is 3.11. The summed E-state index contributed by atoms with van der Waals surface area (Å²) in [5.74, 6) is -2.63. The predicted octanol–water partition coefficient (Wildman–Crippen LogP) is 6.20. The van der Waals surface area contributed by atoms with Crippen molar-refractivity contribution in [3.63, 3.8) is 0 Å². The Labute approximate surface area is 300 Å². The molecule has 3 aromatic rings. The lowest BCUT2D eigenvalue weighted by atomic mass is 9.76. The summed E-state index contributed by atoms with van der Waals surface area (Å²) in [6, 6.07) is 14.5. The largest absolute Gasteiger partial charge is 0.598 e. The molecule has 1 aliphatic heterocycles. The van der Waals surface area contributed by atoms with Crippen LogP contribution in [0.5, 0.6) is 5.75 Å². The van der Waals surface area contributed by atoms with Gasteiger partial charge in [0, 0.05) is 37.1 Å². The molecule has 5 atom stereocenters. The maximum absolute atomic E-state index is 14.6. The summed E-state index contributed by atoms with van der Waals surface area (Å²) in [6.45, 7) is -0.0375. The number of ether oxygens (including phenoxy) is 1. The third-order valence-corrected chi connectivity index (χ3v) is 10.2. The molecule has 14 nitrogen and oxygen atoms in total. The lowest BCUT2D eigenvalue weighted by Crippen LogP contribution is -2.59. The number of azide groups is 1. The number of fused-ring (bicyclic) bond motifs is 1. The molecule has 0 radical (unpaired) electrons. The minimum atomic E-state index is -1.71. The van der Waals surface area contributed by atoms with Gasteiger partial charge >= 0.3 is 0 Å². The summed E-state index contributed by atoms with van der Waals surface area (Å²) in [4.78, 5) is 60.8. The van der Waals surface area contributed by atoms with Crippen LogP contribution in [-0.2, 0) is 38.8 Å². The number of nitrogens with zero attached hydrogens (tertiary/aromatic N) is 5. The molecule has 1 heterocycles. The van der Waals surface area contributed by atoms with Gasteiger partial charge < -0.3 is 14.2 Å². The number of amides is 3. The van der Waals surface area contributed by atoms with Crippen molar-refractivity contribution in [1.29, 1.82) is 0 Å². The van der Waals surface area contributed by atoms with E-state index in [0.29, 0.717) is 45.9 Å². The summed E-state index contributed by atoms with van der Waals surface area (Å²) in [5.41, 5.74) is 13.7. The first-order chi connectivity index (χ1) is 24.1. The second-order valence-corrected chi connectivity index (χ2v) is 13.8. The number of rotatable bonds is 13. The van der Waals surface area contributed by atoms with Gasteiger partial charge in [-0.2, -0.15) is 0 Å². The zero-order valence-electron chi connectivity index (χ0n) is 26.8. The number of nitrogens with one attached hydrogen (secondary N) is 2. The highest BCUT2D eigenvalue weighted by Crippen LogP contribution is 2.48. The van der Waals surface area contributed by atoms with Crippen molar-refractivity contribution in [2.24, 2.45) is 10.3 Å². The Morgan fingerprint density at radius 1 is 1.06 bits per heavy atom. The zero-order valence-corrected chi connectivity index (χ0v) is 29.1. The van der Waals surface area contributed by atoms with Crippen LogP contribution in [-0.4, -0.2) is 52.2 Å². The zero-order chi connectivity index (χ0) is 35.8. The Morgan fingerprint density at radius 3 is 2.50 bits per heavy atom. The molecule has 2 aliphatic rings. The molecule has 0 bridgehead atoms. The van der Waals surface area contributed by atoms with Crippen molar-refractivity contribution in [2.75, 3.05) is 13.0 Å². The minimum absolute atomic E-state index is 0.0375. The fourth-order valence-electron chi connectivity index (χ4n) is 6.51. The number of benzene rings is 3. The van der Waals surface area contributed by atoms with E-state index in [4.69, 9.17) is 38.3 Å².